The van der Waals surface area contributed by atoms with E-state index < -0.39 is 0 Å². The molecule has 0 aromatic heterocycles. The summed E-state index contributed by atoms with van der Waals surface area (Å²) in [5, 5.41) is 0. The molecule has 2 atom stereocenters. The first-order chi connectivity index (χ1) is 9.54. The largest absolute Gasteiger partial charge is 0.371 e. The van der Waals surface area contributed by atoms with Crippen LogP contribution in [0.15, 0.2) is 35.7 Å². The molecule has 1 aromatic carbocycles. The number of hydrogen-bond acceptors (Lipinski definition) is 2. The van der Waals surface area contributed by atoms with Gasteiger partial charge in [0, 0.05) is 23.7 Å². The second-order valence-electron chi connectivity index (χ2n) is 4.96. The molecule has 0 saturated carbocycles. The van der Waals surface area contributed by atoms with Crippen LogP contribution in [0.3, 0.4) is 0 Å². The highest BCUT2D eigenvalue weighted by Crippen LogP contribution is 2.39. The Morgan fingerprint density at radius 1 is 1.40 bits per heavy atom. The van der Waals surface area contributed by atoms with Gasteiger partial charge in [0.2, 0.25) is 0 Å². The molecule has 1 heterocycles. The van der Waals surface area contributed by atoms with E-state index in [-0.39, 0.29) is 0 Å². The molecule has 2 rings (SSSR count). The molecular weight excluding hydrogens is 262 g/mol. The molecule has 0 bridgehead atoms. The van der Waals surface area contributed by atoms with Crippen molar-refractivity contribution in [1.29, 1.82) is 0 Å². The molecule has 2 heteroatoms. The molecule has 0 N–H and O–H groups in total. The van der Waals surface area contributed by atoms with Crippen LogP contribution in [0.4, 0.5) is 5.69 Å². The number of rotatable bonds is 1. The highest BCUT2D eigenvalue weighted by molar-refractivity contribution is 7.80. The minimum atomic E-state index is 0.660. The fourth-order valence-corrected chi connectivity index (χ4v) is 2.80. The fraction of sp³-hybridized carbons (Fsp3) is 0.556. The fourth-order valence-electron chi connectivity index (χ4n) is 2.59. The summed E-state index contributed by atoms with van der Waals surface area (Å²) in [5.74, 6) is 0.660. The van der Waals surface area contributed by atoms with Crippen LogP contribution in [0.25, 0.3) is 0 Å². The van der Waals surface area contributed by atoms with Gasteiger partial charge >= 0.3 is 0 Å². The van der Waals surface area contributed by atoms with Crippen molar-refractivity contribution in [3.63, 3.8) is 0 Å². The first kappa shape index (κ1) is 19.1. The van der Waals surface area contributed by atoms with E-state index in [4.69, 9.17) is 0 Å². The molecule has 2 unspecified atom stereocenters. The molecule has 114 valence electrons. The summed E-state index contributed by atoms with van der Waals surface area (Å²) in [6, 6.07) is 7.20. The number of hydrogen-bond donors (Lipinski definition) is 1. The third-order valence-corrected chi connectivity index (χ3v) is 3.84. The van der Waals surface area contributed by atoms with Gasteiger partial charge in [-0.05, 0) is 49.4 Å². The Kier molecular flexibility index (Phi) is 9.49. The zero-order valence-corrected chi connectivity index (χ0v) is 14.9. The van der Waals surface area contributed by atoms with E-state index in [9.17, 15) is 0 Å². The maximum absolute atomic E-state index is 4.42. The molecule has 0 fully saturated rings. The van der Waals surface area contributed by atoms with Crippen molar-refractivity contribution in [2.75, 3.05) is 11.9 Å². The first-order valence-corrected chi connectivity index (χ1v) is 8.12. The monoisotopic (exact) mass is 293 g/mol. The number of thiol groups is 1. The summed E-state index contributed by atoms with van der Waals surface area (Å²) in [6.45, 7) is 13.8. The van der Waals surface area contributed by atoms with Crippen LogP contribution in [0, 0.1) is 0 Å². The van der Waals surface area contributed by atoms with E-state index in [1.807, 2.05) is 20.8 Å². The van der Waals surface area contributed by atoms with E-state index in [0.717, 1.165) is 4.90 Å². The van der Waals surface area contributed by atoms with Gasteiger partial charge in [0.1, 0.15) is 0 Å². The van der Waals surface area contributed by atoms with Crippen molar-refractivity contribution in [2.24, 2.45) is 0 Å². The molecule has 1 aliphatic heterocycles. The summed E-state index contributed by atoms with van der Waals surface area (Å²) in [5.41, 5.74) is 2.84. The molecule has 1 nitrogen and oxygen atoms in total. The van der Waals surface area contributed by atoms with Gasteiger partial charge in [0.15, 0.2) is 0 Å². The second kappa shape index (κ2) is 9.93. The van der Waals surface area contributed by atoms with Gasteiger partial charge in [0.25, 0.3) is 0 Å². The standard InChI is InChI=1S/C13H19NS.C3H6.C2H6/c1-4-10-7-9(2)12-8-11(15)5-6-13(12)14(10)3;1-3-2;1-2/h5-6,8-10,15H,4,7H2,1-3H3;3H,1H2,2H3;1-2H3. The van der Waals surface area contributed by atoms with Crippen LogP contribution in [0.1, 0.15) is 58.9 Å². The van der Waals surface area contributed by atoms with Gasteiger partial charge in [-0.2, -0.15) is 0 Å². The Morgan fingerprint density at radius 3 is 2.45 bits per heavy atom. The zero-order chi connectivity index (χ0) is 15.7. The number of benzene rings is 1. The lowest BCUT2D eigenvalue weighted by Gasteiger charge is -2.39. The Morgan fingerprint density at radius 2 is 1.95 bits per heavy atom. The van der Waals surface area contributed by atoms with Gasteiger partial charge in [-0.15, -0.1) is 19.2 Å². The van der Waals surface area contributed by atoms with Crippen molar-refractivity contribution in [3.05, 3.63) is 36.4 Å². The Hall–Kier alpha value is -0.890. The smallest absolute Gasteiger partial charge is 0.0402 e. The van der Waals surface area contributed by atoms with Crippen LogP contribution in [0.2, 0.25) is 0 Å². The van der Waals surface area contributed by atoms with E-state index in [0.29, 0.717) is 12.0 Å². The van der Waals surface area contributed by atoms with Gasteiger partial charge in [-0.25, -0.2) is 0 Å². The average molecular weight is 294 g/mol. The summed E-state index contributed by atoms with van der Waals surface area (Å²) < 4.78 is 0. The van der Waals surface area contributed by atoms with Crippen LogP contribution in [-0.2, 0) is 0 Å². The zero-order valence-electron chi connectivity index (χ0n) is 14.0. The number of anilines is 1. The Balaban J connectivity index is 0.000000641. The number of allylic oxidation sites excluding steroid dienone is 1. The summed E-state index contributed by atoms with van der Waals surface area (Å²) in [6.07, 6.45) is 4.24. The molecule has 0 saturated heterocycles. The van der Waals surface area contributed by atoms with E-state index >= 15 is 0 Å². The highest BCUT2D eigenvalue weighted by atomic mass is 32.1. The van der Waals surface area contributed by atoms with Crippen molar-refractivity contribution >= 4 is 18.3 Å². The summed E-state index contributed by atoms with van der Waals surface area (Å²) in [7, 11) is 2.21. The molecule has 0 spiro atoms. The van der Waals surface area contributed by atoms with Crippen LogP contribution in [-0.4, -0.2) is 13.1 Å². The number of fused-ring (bicyclic) bond motifs is 1. The Labute approximate surface area is 131 Å². The summed E-state index contributed by atoms with van der Waals surface area (Å²) >= 11 is 4.42. The van der Waals surface area contributed by atoms with Crippen molar-refractivity contribution in [1.82, 2.24) is 0 Å². The summed E-state index contributed by atoms with van der Waals surface area (Å²) in [4.78, 5) is 3.49. The maximum Gasteiger partial charge on any atom is 0.0402 e. The first-order valence-electron chi connectivity index (χ1n) is 7.67. The van der Waals surface area contributed by atoms with Crippen molar-refractivity contribution in [2.45, 2.75) is 64.3 Å². The highest BCUT2D eigenvalue weighted by Gasteiger charge is 2.26. The topological polar surface area (TPSA) is 3.24 Å². The third-order valence-electron chi connectivity index (χ3n) is 3.57. The molecule has 1 aromatic rings. The normalized spacial score (nSPS) is 19.9. The number of nitrogens with zero attached hydrogens (tertiary/aromatic N) is 1. The van der Waals surface area contributed by atoms with Gasteiger partial charge < -0.3 is 4.90 Å². The SMILES string of the molecule is C=CC.CC.CCC1CC(C)c2cc(S)ccc2N1C. The lowest BCUT2D eigenvalue weighted by atomic mass is 9.86. The van der Waals surface area contributed by atoms with Crippen LogP contribution >= 0.6 is 12.6 Å². The molecule has 1 aliphatic rings. The molecule has 20 heavy (non-hydrogen) atoms. The lowest BCUT2D eigenvalue weighted by molar-refractivity contribution is 0.490. The van der Waals surface area contributed by atoms with Crippen LogP contribution < -0.4 is 4.90 Å². The van der Waals surface area contributed by atoms with E-state index in [1.54, 1.807) is 6.08 Å². The third kappa shape index (κ3) is 4.90. The van der Waals surface area contributed by atoms with Crippen molar-refractivity contribution < 1.29 is 0 Å². The maximum atomic E-state index is 4.42. The average Bonchev–Trinajstić information content (AvgIpc) is 2.45. The van der Waals surface area contributed by atoms with Crippen molar-refractivity contribution in [3.8, 4) is 0 Å². The van der Waals surface area contributed by atoms with Gasteiger partial charge in [0.05, 0.1) is 0 Å². The second-order valence-corrected chi connectivity index (χ2v) is 5.48. The quantitative estimate of drug-likeness (QED) is 0.497. The molecule has 0 radical (unpaired) electrons. The molecule has 0 aliphatic carbocycles. The van der Waals surface area contributed by atoms with Gasteiger partial charge in [-0.3, -0.25) is 0 Å². The minimum Gasteiger partial charge on any atom is -0.371 e. The molecular formula is C18H31NS. The van der Waals surface area contributed by atoms with Gasteiger partial charge in [-0.1, -0.05) is 33.8 Å². The lowest BCUT2D eigenvalue weighted by Crippen LogP contribution is -2.36. The van der Waals surface area contributed by atoms with E-state index in [1.165, 1.54) is 24.1 Å². The van der Waals surface area contributed by atoms with E-state index in [2.05, 4.69) is 63.2 Å². The predicted octanol–water partition coefficient (Wildman–Crippen LogP) is 5.92. The minimum absolute atomic E-state index is 0.660. The Bertz CT molecular complexity index is 400. The predicted molar refractivity (Wildman–Crippen MR) is 96.4 cm³/mol. The molecule has 0 amide bonds. The van der Waals surface area contributed by atoms with Crippen LogP contribution in [0.5, 0.6) is 0 Å².